The summed E-state index contributed by atoms with van der Waals surface area (Å²) in [5.41, 5.74) is 3.10. The van der Waals surface area contributed by atoms with E-state index in [0.29, 0.717) is 17.4 Å². The normalized spacial score (nSPS) is 18.4. The zero-order chi connectivity index (χ0) is 19.2. The summed E-state index contributed by atoms with van der Waals surface area (Å²) in [5, 5.41) is 4.79. The fourth-order valence-corrected chi connectivity index (χ4v) is 5.35. The largest absolute Gasteiger partial charge is 0.361 e. The highest BCUT2D eigenvalue weighted by Gasteiger charge is 2.25. The molecule has 0 amide bonds. The Balaban J connectivity index is 1.64. The molecule has 0 spiro atoms. The molecule has 0 bridgehead atoms. The van der Waals surface area contributed by atoms with Crippen LogP contribution in [-0.4, -0.2) is 43.1 Å². The maximum absolute atomic E-state index is 12.8. The summed E-state index contributed by atoms with van der Waals surface area (Å²) in [4.78, 5) is 5.79. The van der Waals surface area contributed by atoms with Crippen LogP contribution in [0.5, 0.6) is 0 Å². The average molecular weight is 388 g/mol. The molecule has 0 saturated carbocycles. The third kappa shape index (κ3) is 3.35. The van der Waals surface area contributed by atoms with Gasteiger partial charge in [0.15, 0.2) is 10.7 Å². The van der Waals surface area contributed by atoms with Crippen molar-refractivity contribution in [1.29, 1.82) is 0 Å². The lowest BCUT2D eigenvalue weighted by Gasteiger charge is -2.18. The first-order chi connectivity index (χ1) is 12.8. The Morgan fingerprint density at radius 1 is 1.37 bits per heavy atom. The van der Waals surface area contributed by atoms with Gasteiger partial charge >= 0.3 is 0 Å². The lowest BCUT2D eigenvalue weighted by Crippen LogP contribution is -2.26. The molecule has 4 rings (SSSR count). The molecule has 1 aliphatic rings. The monoisotopic (exact) mass is 388 g/mol. The van der Waals surface area contributed by atoms with E-state index in [2.05, 4.69) is 26.8 Å². The Morgan fingerprint density at radius 3 is 2.85 bits per heavy atom. The molecule has 1 fully saturated rings. The molecular formula is C19H24N4O3S. The minimum Gasteiger partial charge on any atom is -0.361 e. The van der Waals surface area contributed by atoms with Gasteiger partial charge in [0.25, 0.3) is 10.0 Å². The van der Waals surface area contributed by atoms with Crippen LogP contribution >= 0.6 is 0 Å². The SMILES string of the molecule is Cc1noc(C)c1S(=O)(=O)Nc1ccc2[nH]cc(CC3CCCN3C)c2c1. The van der Waals surface area contributed by atoms with E-state index < -0.39 is 10.0 Å². The predicted molar refractivity (Wildman–Crippen MR) is 104 cm³/mol. The highest BCUT2D eigenvalue weighted by molar-refractivity contribution is 7.92. The summed E-state index contributed by atoms with van der Waals surface area (Å²) < 4.78 is 33.2. The maximum atomic E-state index is 12.8. The highest BCUT2D eigenvalue weighted by Crippen LogP contribution is 2.28. The van der Waals surface area contributed by atoms with Gasteiger partial charge in [-0.3, -0.25) is 4.72 Å². The summed E-state index contributed by atoms with van der Waals surface area (Å²) in [5.74, 6) is 0.285. The number of H-pyrrole nitrogens is 1. The summed E-state index contributed by atoms with van der Waals surface area (Å²) in [6.07, 6.45) is 5.41. The van der Waals surface area contributed by atoms with Gasteiger partial charge in [-0.05, 0) is 70.5 Å². The van der Waals surface area contributed by atoms with Gasteiger partial charge < -0.3 is 14.4 Å². The van der Waals surface area contributed by atoms with Crippen molar-refractivity contribution in [3.05, 3.63) is 41.4 Å². The van der Waals surface area contributed by atoms with Crippen LogP contribution in [0.15, 0.2) is 33.8 Å². The number of likely N-dealkylation sites (tertiary alicyclic amines) is 1. The van der Waals surface area contributed by atoms with Gasteiger partial charge in [-0.2, -0.15) is 0 Å². The molecule has 1 unspecified atom stereocenters. The Hall–Kier alpha value is -2.32. The number of likely N-dealkylation sites (N-methyl/N-ethyl adjacent to an activating group) is 1. The Kier molecular flexibility index (Phi) is 4.47. The summed E-state index contributed by atoms with van der Waals surface area (Å²) in [6.45, 7) is 4.35. The van der Waals surface area contributed by atoms with Crippen LogP contribution in [0.1, 0.15) is 29.9 Å². The second-order valence-electron chi connectivity index (χ2n) is 7.31. The number of rotatable bonds is 5. The second-order valence-corrected chi connectivity index (χ2v) is 8.93. The number of hydrogen-bond acceptors (Lipinski definition) is 5. The van der Waals surface area contributed by atoms with E-state index in [0.717, 1.165) is 23.9 Å². The summed E-state index contributed by atoms with van der Waals surface area (Å²) in [7, 11) is -1.59. The van der Waals surface area contributed by atoms with Crippen LogP contribution in [0.25, 0.3) is 10.9 Å². The van der Waals surface area contributed by atoms with Crippen LogP contribution < -0.4 is 4.72 Å². The molecular weight excluding hydrogens is 364 g/mol. The van der Waals surface area contributed by atoms with E-state index in [9.17, 15) is 8.42 Å². The Bertz CT molecular complexity index is 1060. The number of hydrogen-bond donors (Lipinski definition) is 2. The third-order valence-corrected chi connectivity index (χ3v) is 7.01. The van der Waals surface area contributed by atoms with Crippen molar-refractivity contribution >= 4 is 26.6 Å². The zero-order valence-electron chi connectivity index (χ0n) is 15.7. The number of fused-ring (bicyclic) bond motifs is 1. The topological polar surface area (TPSA) is 91.2 Å². The van der Waals surface area contributed by atoms with E-state index in [1.165, 1.54) is 18.4 Å². The van der Waals surface area contributed by atoms with Gasteiger partial charge in [0.1, 0.15) is 5.69 Å². The van der Waals surface area contributed by atoms with Crippen molar-refractivity contribution in [3.63, 3.8) is 0 Å². The molecule has 144 valence electrons. The minimum absolute atomic E-state index is 0.101. The van der Waals surface area contributed by atoms with E-state index in [-0.39, 0.29) is 10.7 Å². The quantitative estimate of drug-likeness (QED) is 0.700. The van der Waals surface area contributed by atoms with E-state index >= 15 is 0 Å². The Labute approximate surface area is 158 Å². The van der Waals surface area contributed by atoms with Crippen molar-refractivity contribution in [2.75, 3.05) is 18.3 Å². The van der Waals surface area contributed by atoms with Crippen molar-refractivity contribution in [1.82, 2.24) is 15.0 Å². The van der Waals surface area contributed by atoms with Gasteiger partial charge in [-0.1, -0.05) is 5.16 Å². The summed E-state index contributed by atoms with van der Waals surface area (Å²) >= 11 is 0. The van der Waals surface area contributed by atoms with E-state index in [1.54, 1.807) is 19.9 Å². The predicted octanol–water partition coefficient (Wildman–Crippen LogP) is 3.21. The highest BCUT2D eigenvalue weighted by atomic mass is 32.2. The van der Waals surface area contributed by atoms with Crippen LogP contribution in [0.3, 0.4) is 0 Å². The first kappa shape index (κ1) is 18.1. The lowest BCUT2D eigenvalue weighted by atomic mass is 10.0. The smallest absolute Gasteiger partial charge is 0.267 e. The first-order valence-electron chi connectivity index (χ1n) is 9.11. The maximum Gasteiger partial charge on any atom is 0.267 e. The van der Waals surface area contributed by atoms with Crippen molar-refractivity contribution in [2.24, 2.45) is 0 Å². The minimum atomic E-state index is -3.75. The molecule has 1 aromatic carbocycles. The number of sulfonamides is 1. The van der Waals surface area contributed by atoms with Gasteiger partial charge in [-0.25, -0.2) is 8.42 Å². The molecule has 0 radical (unpaired) electrons. The molecule has 1 aliphatic heterocycles. The van der Waals surface area contributed by atoms with Crippen molar-refractivity contribution < 1.29 is 12.9 Å². The molecule has 2 N–H and O–H groups in total. The molecule has 7 nitrogen and oxygen atoms in total. The standard InChI is InChI=1S/C19H24N4O3S/c1-12-19(13(2)26-21-12)27(24,25)22-15-6-7-18-17(10-15)14(11-20-18)9-16-5-4-8-23(16)3/h6-7,10-11,16,20,22H,4-5,8-9H2,1-3H3. The van der Waals surface area contributed by atoms with Crippen LogP contribution in [-0.2, 0) is 16.4 Å². The number of nitrogens with zero attached hydrogens (tertiary/aromatic N) is 2. The third-order valence-electron chi connectivity index (χ3n) is 5.38. The Morgan fingerprint density at radius 2 is 2.19 bits per heavy atom. The molecule has 3 heterocycles. The number of benzene rings is 1. The first-order valence-corrected chi connectivity index (χ1v) is 10.6. The zero-order valence-corrected chi connectivity index (χ0v) is 16.6. The molecule has 0 aliphatic carbocycles. The molecule has 8 heteroatoms. The van der Waals surface area contributed by atoms with Crippen molar-refractivity contribution in [2.45, 2.75) is 44.0 Å². The lowest BCUT2D eigenvalue weighted by molar-refractivity contribution is 0.310. The van der Waals surface area contributed by atoms with Crippen LogP contribution in [0.4, 0.5) is 5.69 Å². The molecule has 27 heavy (non-hydrogen) atoms. The van der Waals surface area contributed by atoms with Gasteiger partial charge in [0.05, 0.1) is 0 Å². The van der Waals surface area contributed by atoms with Gasteiger partial charge in [-0.15, -0.1) is 0 Å². The van der Waals surface area contributed by atoms with E-state index in [1.807, 2.05) is 18.3 Å². The number of aryl methyl sites for hydroxylation is 2. The molecule has 1 saturated heterocycles. The average Bonchev–Trinajstić information content (AvgIpc) is 3.28. The fourth-order valence-electron chi connectivity index (χ4n) is 3.97. The number of nitrogens with one attached hydrogen (secondary N) is 2. The fraction of sp³-hybridized carbons (Fsp3) is 0.421. The number of aromatic amines is 1. The summed E-state index contributed by atoms with van der Waals surface area (Å²) in [6, 6.07) is 6.10. The van der Waals surface area contributed by atoms with Gasteiger partial charge in [0.2, 0.25) is 0 Å². The van der Waals surface area contributed by atoms with Gasteiger partial charge in [0, 0.05) is 28.8 Å². The molecule has 3 aromatic rings. The van der Waals surface area contributed by atoms with E-state index in [4.69, 9.17) is 4.52 Å². The molecule has 1 atom stereocenters. The molecule has 2 aromatic heterocycles. The van der Waals surface area contributed by atoms with Crippen molar-refractivity contribution in [3.8, 4) is 0 Å². The number of anilines is 1. The van der Waals surface area contributed by atoms with Crippen LogP contribution in [0.2, 0.25) is 0 Å². The number of aromatic nitrogens is 2. The second kappa shape index (κ2) is 6.69. The van der Waals surface area contributed by atoms with Crippen LogP contribution in [0, 0.1) is 13.8 Å².